The topological polar surface area (TPSA) is 38.3 Å². The third kappa shape index (κ3) is 5.54. The van der Waals surface area contributed by atoms with Crippen LogP contribution in [0.15, 0.2) is 17.5 Å². The van der Waals surface area contributed by atoms with Gasteiger partial charge in [0.15, 0.2) is 0 Å². The van der Waals surface area contributed by atoms with Crippen molar-refractivity contribution in [3.05, 3.63) is 22.4 Å². The SMILES string of the molecule is CCOC(=O)CCCNCc1cccs1. The van der Waals surface area contributed by atoms with E-state index < -0.39 is 0 Å². The standard InChI is InChI=1S/C11H17NO2S/c1-2-14-11(13)6-3-7-12-9-10-5-4-8-15-10/h4-5,8,12H,2-3,6-7,9H2,1H3. The van der Waals surface area contributed by atoms with E-state index in [9.17, 15) is 4.79 Å². The summed E-state index contributed by atoms with van der Waals surface area (Å²) in [5, 5.41) is 5.35. The van der Waals surface area contributed by atoms with Gasteiger partial charge in [-0.15, -0.1) is 11.3 Å². The summed E-state index contributed by atoms with van der Waals surface area (Å²) < 4.78 is 4.83. The third-order valence-corrected chi connectivity index (χ3v) is 2.80. The van der Waals surface area contributed by atoms with Crippen LogP contribution in [0.2, 0.25) is 0 Å². The fraction of sp³-hybridized carbons (Fsp3) is 0.545. The first-order valence-corrected chi connectivity index (χ1v) is 6.09. The van der Waals surface area contributed by atoms with Crippen LogP contribution < -0.4 is 5.32 Å². The molecular formula is C11H17NO2S. The predicted molar refractivity (Wildman–Crippen MR) is 61.9 cm³/mol. The smallest absolute Gasteiger partial charge is 0.305 e. The van der Waals surface area contributed by atoms with Crippen LogP contribution in [0.4, 0.5) is 0 Å². The number of carbonyl (C=O) groups excluding carboxylic acids is 1. The maximum absolute atomic E-state index is 11.0. The third-order valence-electron chi connectivity index (χ3n) is 1.92. The van der Waals surface area contributed by atoms with Crippen molar-refractivity contribution in [2.24, 2.45) is 0 Å². The number of esters is 1. The molecule has 1 rings (SSSR count). The second kappa shape index (κ2) is 7.43. The highest BCUT2D eigenvalue weighted by Gasteiger charge is 2.00. The van der Waals surface area contributed by atoms with Gasteiger partial charge in [0.2, 0.25) is 0 Å². The van der Waals surface area contributed by atoms with Gasteiger partial charge in [0.25, 0.3) is 0 Å². The zero-order valence-electron chi connectivity index (χ0n) is 8.99. The molecule has 0 unspecified atom stereocenters. The van der Waals surface area contributed by atoms with Gasteiger partial charge in [-0.3, -0.25) is 4.79 Å². The molecule has 0 aliphatic rings. The van der Waals surface area contributed by atoms with Gasteiger partial charge in [-0.05, 0) is 31.3 Å². The normalized spacial score (nSPS) is 10.2. The number of rotatable bonds is 7. The average Bonchev–Trinajstić information content (AvgIpc) is 2.70. The number of thiophene rings is 1. The molecule has 15 heavy (non-hydrogen) atoms. The van der Waals surface area contributed by atoms with E-state index in [1.54, 1.807) is 11.3 Å². The van der Waals surface area contributed by atoms with Gasteiger partial charge in [-0.2, -0.15) is 0 Å². The van der Waals surface area contributed by atoms with Crippen molar-refractivity contribution in [1.82, 2.24) is 5.32 Å². The highest BCUT2D eigenvalue weighted by molar-refractivity contribution is 7.09. The summed E-state index contributed by atoms with van der Waals surface area (Å²) in [6.45, 7) is 4.05. The maximum atomic E-state index is 11.0. The van der Waals surface area contributed by atoms with E-state index in [0.717, 1.165) is 19.5 Å². The minimum atomic E-state index is -0.101. The van der Waals surface area contributed by atoms with Crippen molar-refractivity contribution in [1.29, 1.82) is 0 Å². The molecule has 0 bridgehead atoms. The second-order valence-corrected chi connectivity index (χ2v) is 4.20. The summed E-state index contributed by atoms with van der Waals surface area (Å²) in [5.41, 5.74) is 0. The molecule has 0 saturated heterocycles. The molecule has 0 atom stereocenters. The molecule has 1 aromatic heterocycles. The van der Waals surface area contributed by atoms with E-state index in [-0.39, 0.29) is 5.97 Å². The summed E-state index contributed by atoms with van der Waals surface area (Å²) in [6, 6.07) is 4.14. The number of ether oxygens (including phenoxy) is 1. The molecular weight excluding hydrogens is 210 g/mol. The van der Waals surface area contributed by atoms with E-state index in [0.29, 0.717) is 13.0 Å². The van der Waals surface area contributed by atoms with Crippen molar-refractivity contribution in [2.75, 3.05) is 13.2 Å². The number of hydrogen-bond acceptors (Lipinski definition) is 4. The molecule has 0 saturated carbocycles. The molecule has 0 aliphatic carbocycles. The highest BCUT2D eigenvalue weighted by Crippen LogP contribution is 2.07. The van der Waals surface area contributed by atoms with Crippen LogP contribution in [0.5, 0.6) is 0 Å². The Morgan fingerprint density at radius 1 is 1.60 bits per heavy atom. The van der Waals surface area contributed by atoms with Crippen LogP contribution in [0.3, 0.4) is 0 Å². The Bertz CT molecular complexity index is 272. The molecule has 3 nitrogen and oxygen atoms in total. The van der Waals surface area contributed by atoms with E-state index in [2.05, 4.69) is 16.8 Å². The molecule has 0 radical (unpaired) electrons. The molecule has 84 valence electrons. The van der Waals surface area contributed by atoms with E-state index >= 15 is 0 Å². The molecule has 1 N–H and O–H groups in total. The summed E-state index contributed by atoms with van der Waals surface area (Å²) in [5.74, 6) is -0.101. The van der Waals surface area contributed by atoms with Crippen LogP contribution in [0.25, 0.3) is 0 Å². The predicted octanol–water partition coefficient (Wildman–Crippen LogP) is 2.18. The Morgan fingerprint density at radius 3 is 3.13 bits per heavy atom. The van der Waals surface area contributed by atoms with Crippen molar-refractivity contribution in [3.8, 4) is 0 Å². The molecule has 0 aliphatic heterocycles. The second-order valence-electron chi connectivity index (χ2n) is 3.16. The van der Waals surface area contributed by atoms with Crippen molar-refractivity contribution in [3.63, 3.8) is 0 Å². The summed E-state index contributed by atoms with van der Waals surface area (Å²) in [7, 11) is 0. The first kappa shape index (κ1) is 12.2. The van der Waals surface area contributed by atoms with Gasteiger partial charge in [0.1, 0.15) is 0 Å². The van der Waals surface area contributed by atoms with Gasteiger partial charge in [0, 0.05) is 17.8 Å². The number of carbonyl (C=O) groups is 1. The molecule has 1 heterocycles. The quantitative estimate of drug-likeness (QED) is 0.573. The fourth-order valence-corrected chi connectivity index (χ4v) is 1.89. The highest BCUT2D eigenvalue weighted by atomic mass is 32.1. The molecule has 0 fully saturated rings. The van der Waals surface area contributed by atoms with Crippen LogP contribution in [-0.2, 0) is 16.1 Å². The lowest BCUT2D eigenvalue weighted by molar-refractivity contribution is -0.143. The number of nitrogens with one attached hydrogen (secondary N) is 1. The first-order valence-electron chi connectivity index (χ1n) is 5.21. The Kier molecular flexibility index (Phi) is 6.04. The molecule has 0 aromatic carbocycles. The monoisotopic (exact) mass is 227 g/mol. The Hall–Kier alpha value is -0.870. The van der Waals surface area contributed by atoms with Crippen molar-refractivity contribution < 1.29 is 9.53 Å². The minimum Gasteiger partial charge on any atom is -0.466 e. The first-order chi connectivity index (χ1) is 7.33. The largest absolute Gasteiger partial charge is 0.466 e. The maximum Gasteiger partial charge on any atom is 0.305 e. The Labute approximate surface area is 94.5 Å². The van der Waals surface area contributed by atoms with Gasteiger partial charge >= 0.3 is 5.97 Å². The molecule has 1 aromatic rings. The van der Waals surface area contributed by atoms with Crippen LogP contribution in [0.1, 0.15) is 24.6 Å². The summed E-state index contributed by atoms with van der Waals surface area (Å²) in [4.78, 5) is 12.3. The molecule has 4 heteroatoms. The van der Waals surface area contributed by atoms with Crippen molar-refractivity contribution >= 4 is 17.3 Å². The van der Waals surface area contributed by atoms with Crippen LogP contribution >= 0.6 is 11.3 Å². The zero-order valence-corrected chi connectivity index (χ0v) is 9.81. The minimum absolute atomic E-state index is 0.101. The van der Waals surface area contributed by atoms with Crippen LogP contribution in [-0.4, -0.2) is 19.1 Å². The van der Waals surface area contributed by atoms with E-state index in [1.165, 1.54) is 4.88 Å². The number of hydrogen-bond donors (Lipinski definition) is 1. The summed E-state index contributed by atoms with van der Waals surface area (Å²) >= 11 is 1.74. The van der Waals surface area contributed by atoms with E-state index in [4.69, 9.17) is 4.74 Å². The lowest BCUT2D eigenvalue weighted by Gasteiger charge is -2.03. The van der Waals surface area contributed by atoms with Gasteiger partial charge < -0.3 is 10.1 Å². The van der Waals surface area contributed by atoms with Gasteiger partial charge in [-0.25, -0.2) is 0 Å². The van der Waals surface area contributed by atoms with Crippen molar-refractivity contribution in [2.45, 2.75) is 26.3 Å². The van der Waals surface area contributed by atoms with Gasteiger partial charge in [0.05, 0.1) is 6.61 Å². The fourth-order valence-electron chi connectivity index (χ4n) is 1.22. The Morgan fingerprint density at radius 2 is 2.47 bits per heavy atom. The molecule has 0 amide bonds. The molecule has 0 spiro atoms. The lowest BCUT2D eigenvalue weighted by atomic mass is 10.3. The Balaban J connectivity index is 1.95. The summed E-state index contributed by atoms with van der Waals surface area (Å²) in [6.07, 6.45) is 1.34. The van der Waals surface area contributed by atoms with Gasteiger partial charge in [-0.1, -0.05) is 6.07 Å². The average molecular weight is 227 g/mol. The zero-order chi connectivity index (χ0) is 10.9. The van der Waals surface area contributed by atoms with E-state index in [1.807, 2.05) is 13.0 Å². The van der Waals surface area contributed by atoms with Crippen LogP contribution in [0, 0.1) is 0 Å². The lowest BCUT2D eigenvalue weighted by Crippen LogP contribution is -2.15.